The average molecular weight is 649 g/mol. The summed E-state index contributed by atoms with van der Waals surface area (Å²) in [5.74, 6) is 0.620. The van der Waals surface area contributed by atoms with Gasteiger partial charge < -0.3 is 19.8 Å². The summed E-state index contributed by atoms with van der Waals surface area (Å²) in [6.45, 7) is 2.01. The minimum absolute atomic E-state index is 0. The first kappa shape index (κ1) is 23.7. The molecule has 0 saturated heterocycles. The van der Waals surface area contributed by atoms with Crippen LogP contribution in [0.4, 0.5) is 5.69 Å². The van der Waals surface area contributed by atoms with Gasteiger partial charge in [-0.25, -0.2) is 0 Å². The van der Waals surface area contributed by atoms with Crippen LogP contribution >= 0.6 is 0 Å². The average Bonchev–Trinajstić information content (AvgIpc) is 3.58. The topological polar surface area (TPSA) is 59.2 Å². The number of rotatable bonds is 2. The van der Waals surface area contributed by atoms with Crippen molar-refractivity contribution in [2.45, 2.75) is 0 Å². The number of benzene rings is 4. The minimum Gasteiger partial charge on any atom is -0.510 e. The van der Waals surface area contributed by atoms with E-state index >= 15 is 0 Å². The van der Waals surface area contributed by atoms with Gasteiger partial charge in [-0.1, -0.05) is 48.5 Å². The van der Waals surface area contributed by atoms with Gasteiger partial charge in [0.1, 0.15) is 0 Å². The van der Waals surface area contributed by atoms with E-state index in [2.05, 4.69) is 52.4 Å². The summed E-state index contributed by atoms with van der Waals surface area (Å²) >= 11 is 0. The molecule has 0 fully saturated rings. The molecule has 180 valence electrons. The number of para-hydroxylation sites is 1. The first-order chi connectivity index (χ1) is 17.3. The van der Waals surface area contributed by atoms with Crippen molar-refractivity contribution in [3.8, 4) is 11.5 Å². The van der Waals surface area contributed by atoms with E-state index in [4.69, 9.17) is 9.97 Å². The van der Waals surface area contributed by atoms with Gasteiger partial charge in [0.05, 0.1) is 11.9 Å². The van der Waals surface area contributed by atoms with E-state index < -0.39 is 0 Å². The van der Waals surface area contributed by atoms with Gasteiger partial charge in [-0.2, -0.15) is 37.0 Å². The van der Waals surface area contributed by atoms with Gasteiger partial charge in [0.15, 0.2) is 0 Å². The van der Waals surface area contributed by atoms with Crippen LogP contribution in [0.5, 0.6) is 0 Å². The number of fused-ring (bicyclic) bond motifs is 6. The Bertz CT molecular complexity index is 1570. The van der Waals surface area contributed by atoms with Gasteiger partial charge in [0.25, 0.3) is 0 Å². The molecule has 2 aromatic heterocycles. The van der Waals surface area contributed by atoms with Gasteiger partial charge in [0.2, 0.25) is 0 Å². The monoisotopic (exact) mass is 648 g/mol. The molecule has 0 bridgehead atoms. The Labute approximate surface area is 223 Å². The van der Waals surface area contributed by atoms with Gasteiger partial charge in [-0.3, -0.25) is 9.97 Å². The van der Waals surface area contributed by atoms with Crippen molar-refractivity contribution in [1.29, 1.82) is 0 Å². The molecule has 0 atom stereocenters. The number of anilines is 1. The fourth-order valence-corrected chi connectivity index (χ4v) is 4.23. The van der Waals surface area contributed by atoms with E-state index in [1.54, 1.807) is 18.6 Å². The van der Waals surface area contributed by atoms with Crippen LogP contribution in [0.15, 0.2) is 104 Å². The second-order valence-corrected chi connectivity index (χ2v) is 8.16. The fourth-order valence-electron chi connectivity index (χ4n) is 4.23. The molecule has 3 heterocycles. The Kier molecular flexibility index (Phi) is 6.79. The molecule has 0 saturated carbocycles. The van der Waals surface area contributed by atoms with Crippen molar-refractivity contribution >= 4 is 38.3 Å². The van der Waals surface area contributed by atoms with Crippen LogP contribution in [-0.2, 0) is 21.1 Å². The van der Waals surface area contributed by atoms with Crippen molar-refractivity contribution in [2.24, 2.45) is 0 Å². The van der Waals surface area contributed by atoms with Crippen molar-refractivity contribution in [2.75, 3.05) is 11.9 Å². The Morgan fingerprint density at radius 3 is 2.22 bits per heavy atom. The van der Waals surface area contributed by atoms with Crippen LogP contribution in [0.25, 0.3) is 44.1 Å². The maximum Gasteiger partial charge on any atom is 0.0803 e. The van der Waals surface area contributed by atoms with Crippen molar-refractivity contribution < 1.29 is 21.1 Å². The van der Waals surface area contributed by atoms with E-state index in [1.807, 2.05) is 72.3 Å². The summed E-state index contributed by atoms with van der Waals surface area (Å²) in [6.07, 6.45) is 9.01. The summed E-state index contributed by atoms with van der Waals surface area (Å²) < 4.78 is 0. The van der Waals surface area contributed by atoms with Gasteiger partial charge in [-0.05, 0) is 57.9 Å². The number of aromatic nitrogens is 4. The van der Waals surface area contributed by atoms with Crippen molar-refractivity contribution in [3.63, 3.8) is 0 Å². The van der Waals surface area contributed by atoms with Gasteiger partial charge in [-0.15, -0.1) is 5.69 Å². The van der Waals surface area contributed by atoms with E-state index in [-0.39, 0.29) is 21.1 Å². The molecule has 36 heavy (non-hydrogen) atoms. The van der Waals surface area contributed by atoms with Crippen molar-refractivity contribution in [1.82, 2.24) is 24.8 Å². The molecule has 0 N–H and O–H groups in total. The number of nitrogens with zero attached hydrogens (tertiary/aromatic N) is 6. The molecule has 1 aliphatic heterocycles. The van der Waals surface area contributed by atoms with E-state index in [9.17, 15) is 0 Å². The van der Waals surface area contributed by atoms with Crippen LogP contribution in [0.2, 0.25) is 0 Å². The first-order valence-corrected chi connectivity index (χ1v) is 11.3. The van der Waals surface area contributed by atoms with Gasteiger partial charge >= 0.3 is 0 Å². The SMILES string of the molecule is CN1C=CN(c2[c-]cccc2)[CH-]1.[Pt].c1ccc2c(c1)c1ccccc1c1[n-]c(-c3cnccn3)nc21. The van der Waals surface area contributed by atoms with E-state index in [0.29, 0.717) is 11.5 Å². The second kappa shape index (κ2) is 10.3. The van der Waals surface area contributed by atoms with E-state index in [0.717, 1.165) is 27.5 Å². The predicted molar refractivity (Wildman–Crippen MR) is 140 cm³/mol. The third-order valence-corrected chi connectivity index (χ3v) is 5.85. The van der Waals surface area contributed by atoms with E-state index in [1.165, 1.54) is 10.8 Å². The smallest absolute Gasteiger partial charge is 0.0803 e. The fraction of sp³-hybridized carbons (Fsp3) is 0.0345. The standard InChI is InChI=1S/C19H11N4.C10H10N2.Pt/c1-3-7-14-12(5-1)13-6-2-4-8-15(13)18-17(14)22-19(23-18)16-11-20-9-10-21-16;1-11-7-8-12(9-11)10-5-3-2-4-6-10;/h1-11H;2-5,7-9H,1H3;/q-1;-2;. The van der Waals surface area contributed by atoms with Crippen LogP contribution in [0.3, 0.4) is 0 Å². The maximum atomic E-state index is 4.75. The first-order valence-electron chi connectivity index (χ1n) is 11.3. The molecule has 0 amide bonds. The molecule has 6 nitrogen and oxygen atoms in total. The third-order valence-electron chi connectivity index (χ3n) is 5.85. The minimum atomic E-state index is 0. The molecule has 7 rings (SSSR count). The zero-order valence-electron chi connectivity index (χ0n) is 19.4. The second-order valence-electron chi connectivity index (χ2n) is 8.16. The molecule has 4 aromatic carbocycles. The molecular formula is C29H21N6Pt-3. The zero-order valence-corrected chi connectivity index (χ0v) is 21.7. The Balaban J connectivity index is 0.000000175. The quantitative estimate of drug-likeness (QED) is 0.175. The number of imidazole rings is 1. The maximum absolute atomic E-state index is 4.75. The molecule has 0 aliphatic carbocycles. The van der Waals surface area contributed by atoms with Crippen LogP contribution < -0.4 is 9.88 Å². The molecule has 0 radical (unpaired) electrons. The molecule has 7 heteroatoms. The van der Waals surface area contributed by atoms with Crippen LogP contribution in [-0.4, -0.2) is 26.9 Å². The normalized spacial score (nSPS) is 12.6. The Morgan fingerprint density at radius 2 is 1.56 bits per heavy atom. The van der Waals surface area contributed by atoms with Crippen LogP contribution in [0, 0.1) is 12.7 Å². The molecular weight excluding hydrogens is 627 g/mol. The molecule has 0 spiro atoms. The Morgan fingerprint density at radius 1 is 0.833 bits per heavy atom. The van der Waals surface area contributed by atoms with Crippen molar-refractivity contribution in [3.05, 3.63) is 117 Å². The third kappa shape index (κ3) is 4.48. The summed E-state index contributed by atoms with van der Waals surface area (Å²) in [6, 6.07) is 27.7. The van der Waals surface area contributed by atoms with Gasteiger partial charge in [0, 0.05) is 33.5 Å². The Hall–Kier alpha value is -4.02. The summed E-state index contributed by atoms with van der Waals surface area (Å²) in [5, 5.41) is 4.62. The zero-order chi connectivity index (χ0) is 23.6. The summed E-state index contributed by atoms with van der Waals surface area (Å²) in [7, 11) is 2.00. The molecule has 0 unspecified atom stereocenters. The van der Waals surface area contributed by atoms with Crippen LogP contribution in [0.1, 0.15) is 0 Å². The molecule has 6 aromatic rings. The summed E-state index contributed by atoms with van der Waals surface area (Å²) in [4.78, 5) is 22.0. The number of hydrogen-bond acceptors (Lipinski definition) is 5. The predicted octanol–water partition coefficient (Wildman–Crippen LogP) is 5.78. The molecule has 1 aliphatic rings. The number of hydrogen-bond donors (Lipinski definition) is 0. The largest absolute Gasteiger partial charge is 0.510 e. The summed E-state index contributed by atoms with van der Waals surface area (Å²) in [5.41, 5.74) is 3.59.